The van der Waals surface area contributed by atoms with E-state index in [0.717, 1.165) is 34.3 Å². The van der Waals surface area contributed by atoms with Gasteiger partial charge in [-0.1, -0.05) is 65.1 Å². The van der Waals surface area contributed by atoms with E-state index >= 15 is 0 Å². The SMILES string of the molecule is CCCCOc1ccc(C(CC(=O)c2ccc(Br)cc2)Nc2ccc(Cl)cc2)cc1. The third-order valence-corrected chi connectivity index (χ3v) is 5.57. The highest BCUT2D eigenvalue weighted by Crippen LogP contribution is 2.27. The monoisotopic (exact) mass is 485 g/mol. The molecule has 5 heteroatoms. The van der Waals surface area contributed by atoms with Crippen LogP contribution in [0.5, 0.6) is 5.75 Å². The summed E-state index contributed by atoms with van der Waals surface area (Å²) in [6, 6.07) is 22.8. The first-order chi connectivity index (χ1) is 14.5. The minimum Gasteiger partial charge on any atom is -0.494 e. The fourth-order valence-corrected chi connectivity index (χ4v) is 3.46. The molecule has 3 aromatic carbocycles. The number of ketones is 1. The molecule has 0 radical (unpaired) electrons. The zero-order valence-electron chi connectivity index (χ0n) is 16.9. The Morgan fingerprint density at radius 3 is 2.30 bits per heavy atom. The fourth-order valence-electron chi connectivity index (χ4n) is 3.07. The van der Waals surface area contributed by atoms with Gasteiger partial charge in [-0.3, -0.25) is 4.79 Å². The van der Waals surface area contributed by atoms with Crippen molar-refractivity contribution in [2.75, 3.05) is 11.9 Å². The van der Waals surface area contributed by atoms with Gasteiger partial charge in [0.05, 0.1) is 12.6 Å². The Labute approximate surface area is 191 Å². The number of Topliss-reactive ketones (excluding diaryl/α,β-unsaturated/α-hetero) is 1. The molecule has 0 heterocycles. The molecular formula is C25H25BrClNO2. The van der Waals surface area contributed by atoms with Gasteiger partial charge in [0, 0.05) is 27.2 Å². The van der Waals surface area contributed by atoms with Crippen molar-refractivity contribution >= 4 is 39.0 Å². The van der Waals surface area contributed by atoms with Crippen molar-refractivity contribution in [3.63, 3.8) is 0 Å². The molecule has 0 aliphatic carbocycles. The number of rotatable bonds is 10. The van der Waals surface area contributed by atoms with Crippen molar-refractivity contribution in [1.29, 1.82) is 0 Å². The Kier molecular flexibility index (Phi) is 8.35. The molecule has 1 atom stereocenters. The molecule has 3 aromatic rings. The van der Waals surface area contributed by atoms with Crippen LogP contribution in [-0.2, 0) is 0 Å². The number of ether oxygens (including phenoxy) is 1. The second-order valence-corrected chi connectivity index (χ2v) is 8.46. The van der Waals surface area contributed by atoms with E-state index in [0.29, 0.717) is 23.6 Å². The second kappa shape index (κ2) is 11.2. The van der Waals surface area contributed by atoms with E-state index in [9.17, 15) is 4.79 Å². The van der Waals surface area contributed by atoms with Crippen molar-refractivity contribution < 1.29 is 9.53 Å². The lowest BCUT2D eigenvalue weighted by atomic mass is 9.97. The molecule has 0 amide bonds. The van der Waals surface area contributed by atoms with Gasteiger partial charge in [0.1, 0.15) is 5.75 Å². The topological polar surface area (TPSA) is 38.3 Å². The minimum absolute atomic E-state index is 0.0808. The molecule has 0 spiro atoms. The van der Waals surface area contributed by atoms with E-state index < -0.39 is 0 Å². The van der Waals surface area contributed by atoms with Gasteiger partial charge in [-0.2, -0.15) is 0 Å². The van der Waals surface area contributed by atoms with Crippen LogP contribution in [0.4, 0.5) is 5.69 Å². The molecule has 3 nitrogen and oxygen atoms in total. The van der Waals surface area contributed by atoms with E-state index in [4.69, 9.17) is 16.3 Å². The van der Waals surface area contributed by atoms with E-state index in [2.05, 4.69) is 28.2 Å². The second-order valence-electron chi connectivity index (χ2n) is 7.11. The number of halogens is 2. The van der Waals surface area contributed by atoms with E-state index in [-0.39, 0.29) is 11.8 Å². The minimum atomic E-state index is -0.174. The third-order valence-electron chi connectivity index (χ3n) is 4.79. The van der Waals surface area contributed by atoms with Gasteiger partial charge in [-0.15, -0.1) is 0 Å². The van der Waals surface area contributed by atoms with Gasteiger partial charge in [0.15, 0.2) is 5.78 Å². The van der Waals surface area contributed by atoms with Crippen LogP contribution in [0.15, 0.2) is 77.3 Å². The first kappa shape index (κ1) is 22.4. The highest BCUT2D eigenvalue weighted by atomic mass is 79.9. The summed E-state index contributed by atoms with van der Waals surface area (Å²) in [6.45, 7) is 2.85. The summed E-state index contributed by atoms with van der Waals surface area (Å²) in [5.41, 5.74) is 2.63. The molecule has 30 heavy (non-hydrogen) atoms. The first-order valence-electron chi connectivity index (χ1n) is 10.1. The summed E-state index contributed by atoms with van der Waals surface area (Å²) in [7, 11) is 0. The number of unbranched alkanes of at least 4 members (excludes halogenated alkanes) is 1. The van der Waals surface area contributed by atoms with Crippen LogP contribution >= 0.6 is 27.5 Å². The lowest BCUT2D eigenvalue weighted by molar-refractivity contribution is 0.0976. The van der Waals surface area contributed by atoms with Crippen LogP contribution < -0.4 is 10.1 Å². The number of anilines is 1. The highest BCUT2D eigenvalue weighted by Gasteiger charge is 2.18. The van der Waals surface area contributed by atoms with Crippen molar-refractivity contribution in [2.24, 2.45) is 0 Å². The van der Waals surface area contributed by atoms with Gasteiger partial charge < -0.3 is 10.1 Å². The average Bonchev–Trinajstić information content (AvgIpc) is 2.76. The highest BCUT2D eigenvalue weighted by molar-refractivity contribution is 9.10. The molecule has 0 bridgehead atoms. The lowest BCUT2D eigenvalue weighted by Gasteiger charge is -2.20. The molecule has 0 fully saturated rings. The maximum atomic E-state index is 12.9. The van der Waals surface area contributed by atoms with Crippen LogP contribution in [-0.4, -0.2) is 12.4 Å². The van der Waals surface area contributed by atoms with Crippen molar-refractivity contribution in [2.45, 2.75) is 32.2 Å². The van der Waals surface area contributed by atoms with Gasteiger partial charge in [0.2, 0.25) is 0 Å². The molecule has 3 rings (SSSR count). The van der Waals surface area contributed by atoms with E-state index in [1.165, 1.54) is 0 Å². The van der Waals surface area contributed by atoms with Crippen molar-refractivity contribution in [3.05, 3.63) is 93.4 Å². The number of carbonyl (C=O) groups excluding carboxylic acids is 1. The molecule has 1 N–H and O–H groups in total. The Morgan fingerprint density at radius 1 is 1.00 bits per heavy atom. The average molecular weight is 487 g/mol. The summed E-state index contributed by atoms with van der Waals surface area (Å²) in [5.74, 6) is 0.925. The molecule has 0 aliphatic rings. The summed E-state index contributed by atoms with van der Waals surface area (Å²) in [6.07, 6.45) is 2.47. The zero-order valence-corrected chi connectivity index (χ0v) is 19.2. The molecule has 0 saturated carbocycles. The molecule has 0 aromatic heterocycles. The molecule has 1 unspecified atom stereocenters. The van der Waals surface area contributed by atoms with Crippen LogP contribution in [0.25, 0.3) is 0 Å². The number of nitrogens with one attached hydrogen (secondary N) is 1. The molecular weight excluding hydrogens is 462 g/mol. The summed E-state index contributed by atoms with van der Waals surface area (Å²) < 4.78 is 6.72. The van der Waals surface area contributed by atoms with E-state index in [1.54, 1.807) is 0 Å². The van der Waals surface area contributed by atoms with Crippen LogP contribution in [0, 0.1) is 0 Å². The van der Waals surface area contributed by atoms with E-state index in [1.807, 2.05) is 72.8 Å². The Bertz CT molecular complexity index is 940. The number of benzene rings is 3. The van der Waals surface area contributed by atoms with Gasteiger partial charge in [0.25, 0.3) is 0 Å². The predicted octanol–water partition coefficient (Wildman–Crippen LogP) is 7.71. The quantitative estimate of drug-likeness (QED) is 0.235. The molecule has 0 saturated heterocycles. The van der Waals surface area contributed by atoms with Crippen molar-refractivity contribution in [1.82, 2.24) is 0 Å². The smallest absolute Gasteiger partial charge is 0.165 e. The van der Waals surface area contributed by atoms with Gasteiger partial charge in [-0.25, -0.2) is 0 Å². The zero-order chi connectivity index (χ0) is 21.3. The van der Waals surface area contributed by atoms with Gasteiger partial charge in [-0.05, 0) is 60.5 Å². The first-order valence-corrected chi connectivity index (χ1v) is 11.3. The normalized spacial score (nSPS) is 11.7. The largest absolute Gasteiger partial charge is 0.494 e. The number of hydrogen-bond donors (Lipinski definition) is 1. The molecule has 156 valence electrons. The third kappa shape index (κ3) is 6.61. The van der Waals surface area contributed by atoms with Crippen LogP contribution in [0.2, 0.25) is 5.02 Å². The Morgan fingerprint density at radius 2 is 1.67 bits per heavy atom. The van der Waals surface area contributed by atoms with Crippen LogP contribution in [0.1, 0.15) is 48.1 Å². The Balaban J connectivity index is 1.78. The summed E-state index contributed by atoms with van der Waals surface area (Å²) in [4.78, 5) is 12.9. The summed E-state index contributed by atoms with van der Waals surface area (Å²) in [5, 5.41) is 4.15. The van der Waals surface area contributed by atoms with Crippen molar-refractivity contribution in [3.8, 4) is 5.75 Å². The molecule has 0 aliphatic heterocycles. The standard InChI is InChI=1S/C25H25BrClNO2/c1-2-3-16-30-23-14-6-18(7-15-23)24(28-22-12-10-21(27)11-13-22)17-25(29)19-4-8-20(26)9-5-19/h4-15,24,28H,2-3,16-17H2,1H3. The van der Waals surface area contributed by atoms with Gasteiger partial charge >= 0.3 is 0 Å². The lowest BCUT2D eigenvalue weighted by Crippen LogP contribution is -2.16. The Hall–Kier alpha value is -2.30. The van der Waals surface area contributed by atoms with Crippen LogP contribution in [0.3, 0.4) is 0 Å². The summed E-state index contributed by atoms with van der Waals surface area (Å²) >= 11 is 9.43. The fraction of sp³-hybridized carbons (Fsp3) is 0.240. The maximum absolute atomic E-state index is 12.9. The number of carbonyl (C=O) groups is 1. The number of hydrogen-bond acceptors (Lipinski definition) is 3. The maximum Gasteiger partial charge on any atom is 0.165 e. The predicted molar refractivity (Wildman–Crippen MR) is 128 cm³/mol.